The maximum Gasteiger partial charge on any atom is 0.416 e. The maximum atomic E-state index is 12.6. The number of methoxy groups -OCH3 is 1. The van der Waals surface area contributed by atoms with Crippen LogP contribution in [0.3, 0.4) is 0 Å². The van der Waals surface area contributed by atoms with Gasteiger partial charge in [-0.25, -0.2) is 4.99 Å². The SMILES string of the molecule is CCNC(=NCc1ccc(C(F)(F)F)cc1)NCC(O)c1cccc(OC)c1. The van der Waals surface area contributed by atoms with Crippen molar-refractivity contribution in [2.24, 2.45) is 4.99 Å². The van der Waals surface area contributed by atoms with Crippen molar-refractivity contribution < 1.29 is 23.0 Å². The van der Waals surface area contributed by atoms with Gasteiger partial charge < -0.3 is 20.5 Å². The highest BCUT2D eigenvalue weighted by Crippen LogP contribution is 2.29. The number of aliphatic imine (C=N–C) groups is 1. The molecule has 2 aromatic carbocycles. The van der Waals surface area contributed by atoms with Crippen molar-refractivity contribution in [3.63, 3.8) is 0 Å². The predicted octanol–water partition coefficient (Wildman–Crippen LogP) is 3.50. The second kappa shape index (κ2) is 9.98. The van der Waals surface area contributed by atoms with Gasteiger partial charge in [-0.3, -0.25) is 0 Å². The fraction of sp³-hybridized carbons (Fsp3) is 0.350. The molecule has 0 aliphatic rings. The number of aliphatic hydroxyl groups is 1. The van der Waals surface area contributed by atoms with Gasteiger partial charge in [-0.15, -0.1) is 0 Å². The molecule has 5 nitrogen and oxygen atoms in total. The van der Waals surface area contributed by atoms with E-state index in [2.05, 4.69) is 15.6 Å². The summed E-state index contributed by atoms with van der Waals surface area (Å²) < 4.78 is 43.0. The highest BCUT2D eigenvalue weighted by Gasteiger charge is 2.29. The third-order valence-electron chi connectivity index (χ3n) is 3.99. The minimum absolute atomic E-state index is 0.211. The minimum Gasteiger partial charge on any atom is -0.497 e. The first kappa shape index (κ1) is 21.6. The second-order valence-corrected chi connectivity index (χ2v) is 6.06. The van der Waals surface area contributed by atoms with Gasteiger partial charge in [0.1, 0.15) is 5.75 Å². The van der Waals surface area contributed by atoms with Crippen molar-refractivity contribution in [2.75, 3.05) is 20.2 Å². The van der Waals surface area contributed by atoms with Crippen molar-refractivity contribution in [1.82, 2.24) is 10.6 Å². The fourth-order valence-corrected chi connectivity index (χ4v) is 2.47. The van der Waals surface area contributed by atoms with E-state index in [0.29, 0.717) is 29.4 Å². The highest BCUT2D eigenvalue weighted by molar-refractivity contribution is 5.79. The molecular weight excluding hydrogens is 371 g/mol. The monoisotopic (exact) mass is 395 g/mol. The number of guanidine groups is 1. The van der Waals surface area contributed by atoms with Gasteiger partial charge >= 0.3 is 6.18 Å². The van der Waals surface area contributed by atoms with Gasteiger partial charge in [-0.2, -0.15) is 13.2 Å². The number of aliphatic hydroxyl groups excluding tert-OH is 1. The van der Waals surface area contributed by atoms with E-state index in [1.165, 1.54) is 12.1 Å². The van der Waals surface area contributed by atoms with Crippen LogP contribution >= 0.6 is 0 Å². The number of hydrogen-bond donors (Lipinski definition) is 3. The molecular formula is C20H24F3N3O2. The first-order valence-electron chi connectivity index (χ1n) is 8.83. The van der Waals surface area contributed by atoms with Gasteiger partial charge in [-0.1, -0.05) is 24.3 Å². The number of benzene rings is 2. The Balaban J connectivity index is 1.98. The standard InChI is InChI=1S/C20H24F3N3O2/c1-3-24-19(25-12-14-7-9-16(10-8-14)20(21,22)23)26-13-18(27)15-5-4-6-17(11-15)28-2/h4-11,18,27H,3,12-13H2,1-2H3,(H2,24,25,26). The minimum atomic E-state index is -4.35. The number of hydrogen-bond acceptors (Lipinski definition) is 3. The van der Waals surface area contributed by atoms with Crippen molar-refractivity contribution in [3.8, 4) is 5.75 Å². The van der Waals surface area contributed by atoms with Crippen molar-refractivity contribution >= 4 is 5.96 Å². The summed E-state index contributed by atoms with van der Waals surface area (Å²) in [4.78, 5) is 4.35. The van der Waals surface area contributed by atoms with Crippen LogP contribution in [0.5, 0.6) is 5.75 Å². The van der Waals surface area contributed by atoms with Gasteiger partial charge in [0.2, 0.25) is 0 Å². The summed E-state index contributed by atoms with van der Waals surface area (Å²) in [5, 5.41) is 16.4. The van der Waals surface area contributed by atoms with Gasteiger partial charge in [0.15, 0.2) is 5.96 Å². The number of alkyl halides is 3. The summed E-state index contributed by atoms with van der Waals surface area (Å²) in [7, 11) is 1.56. The molecule has 0 aliphatic carbocycles. The first-order valence-corrected chi connectivity index (χ1v) is 8.83. The number of nitrogens with one attached hydrogen (secondary N) is 2. The number of ether oxygens (including phenoxy) is 1. The normalized spacial score (nSPS) is 13.1. The molecule has 0 bridgehead atoms. The lowest BCUT2D eigenvalue weighted by molar-refractivity contribution is -0.137. The zero-order valence-corrected chi connectivity index (χ0v) is 15.8. The van der Waals surface area contributed by atoms with Crippen LogP contribution in [-0.4, -0.2) is 31.3 Å². The molecule has 0 saturated carbocycles. The van der Waals surface area contributed by atoms with Crippen molar-refractivity contribution in [1.29, 1.82) is 0 Å². The molecule has 1 atom stereocenters. The van der Waals surface area contributed by atoms with Crippen molar-refractivity contribution in [2.45, 2.75) is 25.7 Å². The molecule has 152 valence electrons. The van der Waals surface area contributed by atoms with E-state index in [0.717, 1.165) is 12.1 Å². The van der Waals surface area contributed by atoms with Crippen LogP contribution in [0.4, 0.5) is 13.2 Å². The molecule has 0 amide bonds. The van der Waals surface area contributed by atoms with Gasteiger partial charge in [-0.05, 0) is 42.3 Å². The second-order valence-electron chi connectivity index (χ2n) is 6.06. The Bertz CT molecular complexity index is 777. The lowest BCUT2D eigenvalue weighted by Crippen LogP contribution is -2.39. The third-order valence-corrected chi connectivity index (χ3v) is 3.99. The number of rotatable bonds is 7. The molecule has 2 aromatic rings. The molecule has 8 heteroatoms. The Morgan fingerprint density at radius 2 is 1.86 bits per heavy atom. The summed E-state index contributed by atoms with van der Waals surface area (Å²) in [5.74, 6) is 1.11. The lowest BCUT2D eigenvalue weighted by atomic mass is 10.1. The van der Waals surface area contributed by atoms with Gasteiger partial charge in [0, 0.05) is 13.1 Å². The predicted molar refractivity (Wildman–Crippen MR) is 102 cm³/mol. The Morgan fingerprint density at radius 1 is 1.14 bits per heavy atom. The zero-order valence-electron chi connectivity index (χ0n) is 15.8. The summed E-state index contributed by atoms with van der Waals surface area (Å²) in [6, 6.07) is 12.0. The summed E-state index contributed by atoms with van der Waals surface area (Å²) in [5.41, 5.74) is 0.663. The average molecular weight is 395 g/mol. The quantitative estimate of drug-likeness (QED) is 0.496. The summed E-state index contributed by atoms with van der Waals surface area (Å²) in [6.07, 6.45) is -5.13. The van der Waals surface area contributed by atoms with E-state index in [1.54, 1.807) is 31.4 Å². The third kappa shape index (κ3) is 6.45. The molecule has 0 fully saturated rings. The van der Waals surface area contributed by atoms with E-state index in [4.69, 9.17) is 4.74 Å². The molecule has 0 spiro atoms. The van der Waals surface area contributed by atoms with E-state index < -0.39 is 17.8 Å². The van der Waals surface area contributed by atoms with Crippen LogP contribution in [0.15, 0.2) is 53.5 Å². The highest BCUT2D eigenvalue weighted by atomic mass is 19.4. The van der Waals surface area contributed by atoms with Crippen LogP contribution in [0.2, 0.25) is 0 Å². The average Bonchev–Trinajstić information content (AvgIpc) is 2.69. The molecule has 3 N–H and O–H groups in total. The Morgan fingerprint density at radius 3 is 2.46 bits per heavy atom. The molecule has 0 aliphatic heterocycles. The van der Waals surface area contributed by atoms with Crippen LogP contribution in [0, 0.1) is 0 Å². The smallest absolute Gasteiger partial charge is 0.416 e. The van der Waals surface area contributed by atoms with Gasteiger partial charge in [0.05, 0.1) is 25.3 Å². The first-order chi connectivity index (χ1) is 13.3. The molecule has 28 heavy (non-hydrogen) atoms. The van der Waals surface area contributed by atoms with Crippen molar-refractivity contribution in [3.05, 3.63) is 65.2 Å². The van der Waals surface area contributed by atoms with E-state index >= 15 is 0 Å². The van der Waals surface area contributed by atoms with Crippen LogP contribution in [-0.2, 0) is 12.7 Å². The Hall–Kier alpha value is -2.74. The number of nitrogens with zero attached hydrogens (tertiary/aromatic N) is 1. The molecule has 0 heterocycles. The van der Waals surface area contributed by atoms with Crippen LogP contribution in [0.1, 0.15) is 29.7 Å². The lowest BCUT2D eigenvalue weighted by Gasteiger charge is -2.16. The molecule has 1 unspecified atom stereocenters. The summed E-state index contributed by atoms with van der Waals surface area (Å²) in [6.45, 7) is 2.93. The van der Waals surface area contributed by atoms with E-state index in [-0.39, 0.29) is 13.1 Å². The molecule has 0 radical (unpaired) electrons. The number of halogens is 3. The fourth-order valence-electron chi connectivity index (χ4n) is 2.47. The largest absolute Gasteiger partial charge is 0.497 e. The van der Waals surface area contributed by atoms with Gasteiger partial charge in [0.25, 0.3) is 0 Å². The Kier molecular flexibility index (Phi) is 7.69. The van der Waals surface area contributed by atoms with Crippen LogP contribution in [0.25, 0.3) is 0 Å². The topological polar surface area (TPSA) is 65.9 Å². The Labute approximate surface area is 162 Å². The maximum absolute atomic E-state index is 12.6. The molecule has 0 aromatic heterocycles. The molecule has 2 rings (SSSR count). The van der Waals surface area contributed by atoms with Crippen LogP contribution < -0.4 is 15.4 Å². The molecule has 0 saturated heterocycles. The van der Waals surface area contributed by atoms with E-state index in [1.807, 2.05) is 6.92 Å². The zero-order chi connectivity index (χ0) is 20.6. The van der Waals surface area contributed by atoms with E-state index in [9.17, 15) is 18.3 Å². The summed E-state index contributed by atoms with van der Waals surface area (Å²) >= 11 is 0.